The van der Waals surface area contributed by atoms with Gasteiger partial charge in [0.1, 0.15) is 36.2 Å². The lowest BCUT2D eigenvalue weighted by Gasteiger charge is -2.25. The molecular formula is C28H31FN4O8. The number of nitrogens with zero attached hydrogens (tertiary/aromatic N) is 2. The first-order valence-electron chi connectivity index (χ1n) is 12.7. The van der Waals surface area contributed by atoms with Crippen LogP contribution in [-0.2, 0) is 24.0 Å². The molecule has 2 atom stereocenters. The fourth-order valence-electron chi connectivity index (χ4n) is 4.51. The molecule has 4 N–H and O–H groups in total. The molecule has 0 radical (unpaired) electrons. The first kappa shape index (κ1) is 30.9. The number of carbonyl (C=O) groups is 6. The van der Waals surface area contributed by atoms with Gasteiger partial charge in [0.05, 0.1) is 37.0 Å². The number of aliphatic hydroxyl groups excluding tert-OH is 1. The first-order chi connectivity index (χ1) is 19.4. The van der Waals surface area contributed by atoms with Crippen LogP contribution in [0.1, 0.15) is 41.3 Å². The highest BCUT2D eigenvalue weighted by Crippen LogP contribution is 2.34. The van der Waals surface area contributed by atoms with Gasteiger partial charge in [-0.3, -0.25) is 28.9 Å². The van der Waals surface area contributed by atoms with E-state index in [1.54, 1.807) is 13.8 Å². The van der Waals surface area contributed by atoms with Crippen LogP contribution in [0.4, 0.5) is 15.8 Å². The Morgan fingerprint density at radius 2 is 1.78 bits per heavy atom. The Balaban J connectivity index is 2.03. The molecule has 41 heavy (non-hydrogen) atoms. The Bertz CT molecular complexity index is 1370. The third kappa shape index (κ3) is 7.31. The van der Waals surface area contributed by atoms with Crippen LogP contribution >= 0.6 is 0 Å². The number of carbonyl (C=O) groups excluding carboxylic acids is 6. The van der Waals surface area contributed by atoms with Gasteiger partial charge in [0, 0.05) is 12.0 Å². The van der Waals surface area contributed by atoms with Crippen molar-refractivity contribution in [1.82, 2.24) is 10.6 Å². The van der Waals surface area contributed by atoms with E-state index in [0.29, 0.717) is 17.4 Å². The van der Waals surface area contributed by atoms with Crippen molar-refractivity contribution in [2.24, 2.45) is 0 Å². The zero-order chi connectivity index (χ0) is 30.4. The van der Waals surface area contributed by atoms with Gasteiger partial charge in [0.2, 0.25) is 11.8 Å². The number of benzene rings is 2. The topological polar surface area (TPSA) is 173 Å². The van der Waals surface area contributed by atoms with Crippen LogP contribution in [0.3, 0.4) is 0 Å². The van der Waals surface area contributed by atoms with E-state index in [4.69, 9.17) is 0 Å². The SMILES string of the molecule is CC(=O)C[C@@H](C=O)NC(=O)CN1C(=O)[C@@H](NC(=O)c2cc(C)c(O)c(C)c2)CN(C(=O)CCO)c2cc(F)ccc21. The highest BCUT2D eigenvalue weighted by atomic mass is 19.1. The van der Waals surface area contributed by atoms with Crippen molar-refractivity contribution < 1.29 is 43.4 Å². The Labute approximate surface area is 235 Å². The predicted molar refractivity (Wildman–Crippen MR) is 145 cm³/mol. The van der Waals surface area contributed by atoms with Crippen molar-refractivity contribution in [1.29, 1.82) is 0 Å². The van der Waals surface area contributed by atoms with Crippen LogP contribution in [0.2, 0.25) is 0 Å². The molecular weight excluding hydrogens is 539 g/mol. The number of phenolic OH excluding ortho intramolecular Hbond substituents is 1. The lowest BCUT2D eigenvalue weighted by molar-refractivity contribution is -0.127. The average Bonchev–Trinajstić information content (AvgIpc) is 3.01. The lowest BCUT2D eigenvalue weighted by Crippen LogP contribution is -2.54. The maximum atomic E-state index is 14.4. The molecule has 0 spiro atoms. The summed E-state index contributed by atoms with van der Waals surface area (Å²) in [4.78, 5) is 77.7. The molecule has 0 unspecified atom stereocenters. The zero-order valence-electron chi connectivity index (χ0n) is 22.8. The summed E-state index contributed by atoms with van der Waals surface area (Å²) in [6.45, 7) is 2.76. The smallest absolute Gasteiger partial charge is 0.252 e. The fourth-order valence-corrected chi connectivity index (χ4v) is 4.51. The van der Waals surface area contributed by atoms with E-state index < -0.39 is 61.2 Å². The molecule has 13 heteroatoms. The number of aryl methyl sites for hydroxylation is 2. The molecule has 12 nitrogen and oxygen atoms in total. The number of ketones is 1. The van der Waals surface area contributed by atoms with E-state index in [0.717, 1.165) is 21.9 Å². The maximum Gasteiger partial charge on any atom is 0.252 e. The van der Waals surface area contributed by atoms with Gasteiger partial charge in [-0.15, -0.1) is 0 Å². The number of aliphatic hydroxyl groups is 1. The lowest BCUT2D eigenvalue weighted by atomic mass is 10.0. The van der Waals surface area contributed by atoms with Crippen LogP contribution < -0.4 is 20.4 Å². The van der Waals surface area contributed by atoms with Crippen LogP contribution in [0.5, 0.6) is 5.75 Å². The number of amides is 4. The van der Waals surface area contributed by atoms with Crippen molar-refractivity contribution >= 4 is 47.1 Å². The molecule has 0 saturated heterocycles. The highest BCUT2D eigenvalue weighted by molar-refractivity contribution is 6.11. The minimum atomic E-state index is -1.43. The first-order valence-corrected chi connectivity index (χ1v) is 12.7. The minimum absolute atomic E-state index is 0.000864. The molecule has 0 aromatic heterocycles. The Kier molecular flexibility index (Phi) is 9.90. The molecule has 0 fully saturated rings. The minimum Gasteiger partial charge on any atom is -0.507 e. The monoisotopic (exact) mass is 570 g/mol. The van der Waals surface area contributed by atoms with Crippen LogP contribution in [0.15, 0.2) is 30.3 Å². The van der Waals surface area contributed by atoms with E-state index in [9.17, 15) is 43.4 Å². The summed E-state index contributed by atoms with van der Waals surface area (Å²) in [5, 5.41) is 24.4. The van der Waals surface area contributed by atoms with Gasteiger partial charge in [-0.1, -0.05) is 0 Å². The number of aldehydes is 1. The molecule has 0 bridgehead atoms. The van der Waals surface area contributed by atoms with E-state index in [1.165, 1.54) is 25.1 Å². The third-order valence-corrected chi connectivity index (χ3v) is 6.45. The Hall–Kier alpha value is -4.65. The third-order valence-electron chi connectivity index (χ3n) is 6.45. The second-order valence-corrected chi connectivity index (χ2v) is 9.74. The van der Waals surface area contributed by atoms with Gasteiger partial charge in [-0.25, -0.2) is 4.39 Å². The van der Waals surface area contributed by atoms with Crippen molar-refractivity contribution in [3.05, 3.63) is 52.8 Å². The van der Waals surface area contributed by atoms with Gasteiger partial charge in [0.15, 0.2) is 0 Å². The van der Waals surface area contributed by atoms with E-state index in [1.807, 2.05) is 0 Å². The predicted octanol–water partition coefficient (Wildman–Crippen LogP) is 0.672. The Morgan fingerprint density at radius 1 is 1.12 bits per heavy atom. The van der Waals surface area contributed by atoms with Crippen molar-refractivity contribution in [3.63, 3.8) is 0 Å². The highest BCUT2D eigenvalue weighted by Gasteiger charge is 2.38. The van der Waals surface area contributed by atoms with Crippen LogP contribution in [-0.4, -0.2) is 77.7 Å². The zero-order valence-corrected chi connectivity index (χ0v) is 22.8. The molecule has 1 heterocycles. The molecule has 0 aliphatic carbocycles. The van der Waals surface area contributed by atoms with Gasteiger partial charge in [-0.05, 0) is 62.2 Å². The summed E-state index contributed by atoms with van der Waals surface area (Å²) in [5.41, 5.74) is 0.847. The summed E-state index contributed by atoms with van der Waals surface area (Å²) < 4.78 is 14.4. The number of fused-ring (bicyclic) bond motifs is 1. The van der Waals surface area contributed by atoms with Crippen LogP contribution in [0.25, 0.3) is 0 Å². The quantitative estimate of drug-likeness (QED) is 0.302. The number of rotatable bonds is 10. The average molecular weight is 571 g/mol. The van der Waals surface area contributed by atoms with Gasteiger partial charge >= 0.3 is 0 Å². The second kappa shape index (κ2) is 13.1. The van der Waals surface area contributed by atoms with Gasteiger partial charge in [-0.2, -0.15) is 0 Å². The number of halogens is 1. The molecule has 2 aromatic carbocycles. The second-order valence-electron chi connectivity index (χ2n) is 9.74. The number of anilines is 2. The summed E-state index contributed by atoms with van der Waals surface area (Å²) in [6.07, 6.45) is -0.251. The summed E-state index contributed by atoms with van der Waals surface area (Å²) in [6, 6.07) is 3.46. The number of phenols is 1. The van der Waals surface area contributed by atoms with E-state index in [-0.39, 0.29) is 41.3 Å². The largest absolute Gasteiger partial charge is 0.507 e. The Morgan fingerprint density at radius 3 is 2.37 bits per heavy atom. The molecule has 0 saturated carbocycles. The maximum absolute atomic E-state index is 14.4. The van der Waals surface area contributed by atoms with Crippen molar-refractivity contribution in [2.75, 3.05) is 29.5 Å². The normalized spacial score (nSPS) is 15.4. The number of hydrogen-bond acceptors (Lipinski definition) is 8. The number of Topliss-reactive ketones (excluding diaryl/α,β-unsaturated/α-hetero) is 1. The van der Waals surface area contributed by atoms with E-state index in [2.05, 4.69) is 10.6 Å². The summed E-state index contributed by atoms with van der Waals surface area (Å²) in [5.74, 6) is -4.12. The van der Waals surface area contributed by atoms with E-state index >= 15 is 0 Å². The van der Waals surface area contributed by atoms with Crippen molar-refractivity contribution in [3.8, 4) is 5.75 Å². The molecule has 218 valence electrons. The molecule has 2 aromatic rings. The fraction of sp³-hybridized carbons (Fsp3) is 0.357. The standard InChI is InChI=1S/C28H31FN4O8/c1-15-8-18(9-16(2)26(15)39)27(40)31-21-12-32(25(38)6-7-34)23-11-19(29)4-5-22(23)33(28(21)41)13-24(37)30-20(14-35)10-17(3)36/h4-5,8-9,11,14,20-21,34,39H,6-7,10,12-13H2,1-3H3,(H,30,37)(H,31,40)/t20-,21-/m0/s1. The number of nitrogens with one attached hydrogen (secondary N) is 2. The molecule has 4 amide bonds. The number of aromatic hydroxyl groups is 1. The summed E-state index contributed by atoms with van der Waals surface area (Å²) in [7, 11) is 0. The van der Waals surface area contributed by atoms with Crippen molar-refractivity contribution in [2.45, 2.75) is 45.7 Å². The molecule has 3 rings (SSSR count). The van der Waals surface area contributed by atoms with Gasteiger partial charge < -0.3 is 30.5 Å². The van der Waals surface area contributed by atoms with Gasteiger partial charge in [0.25, 0.3) is 11.8 Å². The van der Waals surface area contributed by atoms with Crippen LogP contribution in [0, 0.1) is 19.7 Å². The molecule has 1 aliphatic rings. The number of hydrogen-bond donors (Lipinski definition) is 4. The summed E-state index contributed by atoms with van der Waals surface area (Å²) >= 11 is 0. The molecule has 1 aliphatic heterocycles.